The summed E-state index contributed by atoms with van der Waals surface area (Å²) in [4.78, 5) is 13.6. The number of ether oxygens (including phenoxy) is 1. The van der Waals surface area contributed by atoms with Crippen LogP contribution in [0, 0.1) is 0 Å². The van der Waals surface area contributed by atoms with Gasteiger partial charge in [0.1, 0.15) is 29.6 Å². The van der Waals surface area contributed by atoms with Crippen molar-refractivity contribution < 1.29 is 22.5 Å². The molecule has 0 spiro atoms. The van der Waals surface area contributed by atoms with Gasteiger partial charge in [0.05, 0.1) is 20.9 Å². The minimum atomic E-state index is -3.32. The van der Waals surface area contributed by atoms with Crippen molar-refractivity contribution >= 4 is 60.2 Å². The lowest BCUT2D eigenvalue weighted by Gasteiger charge is -2.11. The highest BCUT2D eigenvalue weighted by molar-refractivity contribution is 7.93. The number of carbonyl (C=O) groups is 1. The maximum atomic E-state index is 12.5. The predicted octanol–water partition coefficient (Wildman–Crippen LogP) is 8.92. The van der Waals surface area contributed by atoms with Gasteiger partial charge >= 0.3 is 0 Å². The highest BCUT2D eigenvalue weighted by atomic mass is 35.5. The summed E-state index contributed by atoms with van der Waals surface area (Å²) in [5, 5.41) is 6.03. The number of nitrogens with zero attached hydrogens (tertiary/aromatic N) is 1. The van der Waals surface area contributed by atoms with Gasteiger partial charge in [0.25, 0.3) is 0 Å². The van der Waals surface area contributed by atoms with Crippen molar-refractivity contribution in [3.05, 3.63) is 93.7 Å². The molecule has 5 aromatic rings. The van der Waals surface area contributed by atoms with Crippen LogP contribution in [0.3, 0.4) is 0 Å². The van der Waals surface area contributed by atoms with Gasteiger partial charge in [-0.1, -0.05) is 66.5 Å². The van der Waals surface area contributed by atoms with Crippen molar-refractivity contribution in [1.82, 2.24) is 5.16 Å². The van der Waals surface area contributed by atoms with E-state index >= 15 is 0 Å². The van der Waals surface area contributed by atoms with E-state index in [0.29, 0.717) is 45.7 Å². The van der Waals surface area contributed by atoms with Gasteiger partial charge in [-0.2, -0.15) is 0 Å². The lowest BCUT2D eigenvalue weighted by molar-refractivity contribution is -0.116. The summed E-state index contributed by atoms with van der Waals surface area (Å²) in [6.45, 7) is 4.29. The molecule has 0 radical (unpaired) electrons. The molecule has 2 aromatic heterocycles. The van der Waals surface area contributed by atoms with Crippen LogP contribution in [0.25, 0.3) is 31.8 Å². The lowest BCUT2D eigenvalue weighted by Crippen LogP contribution is -2.21. The van der Waals surface area contributed by atoms with E-state index in [9.17, 15) is 13.2 Å². The Morgan fingerprint density at radius 2 is 1.79 bits per heavy atom. The Hall–Kier alpha value is -3.17. The quantitative estimate of drug-likeness (QED) is 0.141. The van der Waals surface area contributed by atoms with Crippen LogP contribution in [0.15, 0.2) is 71.3 Å². The Bertz CT molecular complexity index is 1920. The molecule has 2 heterocycles. The van der Waals surface area contributed by atoms with E-state index in [0.717, 1.165) is 31.7 Å². The maximum Gasteiger partial charge on any atom is 0.160 e. The first-order chi connectivity index (χ1) is 20.6. The molecular formula is C33H29Cl2NO5S2. The molecular weight excluding hydrogens is 625 g/mol. The maximum absolute atomic E-state index is 12.5. The van der Waals surface area contributed by atoms with Gasteiger partial charge in [0.2, 0.25) is 0 Å². The van der Waals surface area contributed by atoms with E-state index in [4.69, 9.17) is 32.5 Å². The third kappa shape index (κ3) is 6.53. The van der Waals surface area contributed by atoms with E-state index in [2.05, 4.69) is 11.2 Å². The third-order valence-corrected chi connectivity index (χ3v) is 11.4. The van der Waals surface area contributed by atoms with Crippen molar-refractivity contribution in [2.24, 2.45) is 0 Å². The Morgan fingerprint density at radius 1 is 1.05 bits per heavy atom. The number of hydrogen-bond acceptors (Lipinski definition) is 7. The van der Waals surface area contributed by atoms with Gasteiger partial charge in [-0.05, 0) is 71.8 Å². The lowest BCUT2D eigenvalue weighted by atomic mass is 10.0. The number of sulfone groups is 1. The molecule has 6 nitrogen and oxygen atoms in total. The Labute approximate surface area is 264 Å². The van der Waals surface area contributed by atoms with Crippen LogP contribution in [-0.4, -0.2) is 30.4 Å². The minimum Gasteiger partial charge on any atom is -0.489 e. The summed E-state index contributed by atoms with van der Waals surface area (Å²) in [5.74, 6) is 0.847. The molecule has 0 bridgehead atoms. The van der Waals surface area contributed by atoms with E-state index in [1.807, 2.05) is 56.3 Å². The number of rotatable bonds is 11. The number of halogens is 2. The zero-order valence-corrected chi connectivity index (χ0v) is 26.7. The number of ketones is 1. The first-order valence-corrected chi connectivity index (χ1v) is 17.3. The third-order valence-electron chi connectivity index (χ3n) is 7.42. The molecule has 6 rings (SSSR count). The van der Waals surface area contributed by atoms with Crippen molar-refractivity contribution in [3.8, 4) is 27.4 Å². The van der Waals surface area contributed by atoms with Crippen LogP contribution in [0.4, 0.5) is 0 Å². The van der Waals surface area contributed by atoms with Crippen molar-refractivity contribution in [2.75, 3.05) is 5.75 Å². The predicted molar refractivity (Wildman–Crippen MR) is 173 cm³/mol. The fourth-order valence-corrected chi connectivity index (χ4v) is 8.42. The Balaban J connectivity index is 1.21. The molecule has 3 aromatic carbocycles. The van der Waals surface area contributed by atoms with Gasteiger partial charge in [-0.15, -0.1) is 11.3 Å². The molecule has 1 aliphatic carbocycles. The monoisotopic (exact) mass is 653 g/mol. The van der Waals surface area contributed by atoms with Crippen LogP contribution < -0.4 is 4.74 Å². The second-order valence-electron chi connectivity index (χ2n) is 11.1. The number of aromatic nitrogens is 1. The van der Waals surface area contributed by atoms with Crippen molar-refractivity contribution in [3.63, 3.8) is 0 Å². The Morgan fingerprint density at radius 3 is 2.51 bits per heavy atom. The standard InChI is InChI=1S/C33H29Cl2NO5S2/c1-19(2)33-26(32(36-41-33)31-27(34)7-4-8-28(31)35)17-40-24-10-9-22-15-29(42-30(22)16-24)21-6-3-5-20(13-21)14-23(37)18-43(38,39)25-11-12-25/h3-10,13,15-16,19,25H,11-12,14,17-18H2,1-2H3. The molecule has 0 saturated heterocycles. The SMILES string of the molecule is CC(C)c1onc(-c2c(Cl)cccc2Cl)c1COc1ccc2cc(-c3cccc(CC(=O)CS(=O)(=O)C4CC4)c3)sc2c1. The van der Waals surface area contributed by atoms with Crippen molar-refractivity contribution in [1.29, 1.82) is 0 Å². The highest BCUT2D eigenvalue weighted by Crippen LogP contribution is 2.40. The highest BCUT2D eigenvalue weighted by Gasteiger charge is 2.36. The molecule has 0 atom stereocenters. The van der Waals surface area contributed by atoms with Gasteiger partial charge < -0.3 is 9.26 Å². The van der Waals surface area contributed by atoms with E-state index in [1.165, 1.54) is 0 Å². The van der Waals surface area contributed by atoms with Crippen LogP contribution >= 0.6 is 34.5 Å². The average molecular weight is 655 g/mol. The molecule has 0 unspecified atom stereocenters. The molecule has 1 fully saturated rings. The molecule has 1 saturated carbocycles. The first kappa shape index (κ1) is 29.9. The molecule has 10 heteroatoms. The van der Waals surface area contributed by atoms with E-state index in [1.54, 1.807) is 29.5 Å². The summed E-state index contributed by atoms with van der Waals surface area (Å²) in [7, 11) is -3.32. The molecule has 0 aliphatic heterocycles. The van der Waals surface area contributed by atoms with Crippen LogP contribution in [0.5, 0.6) is 5.75 Å². The molecule has 0 amide bonds. The fraction of sp³-hybridized carbons (Fsp3) is 0.273. The van der Waals surface area contributed by atoms with Gasteiger partial charge in [0, 0.05) is 27.5 Å². The zero-order chi connectivity index (χ0) is 30.3. The second-order valence-corrected chi connectivity index (χ2v) is 15.3. The Kier molecular flexibility index (Phi) is 8.39. The number of carbonyl (C=O) groups excluding carboxylic acids is 1. The average Bonchev–Trinajstić information content (AvgIpc) is 3.62. The summed E-state index contributed by atoms with van der Waals surface area (Å²) >= 11 is 14.6. The number of thiophene rings is 1. The summed E-state index contributed by atoms with van der Waals surface area (Å²) in [6, 6.07) is 21.1. The second kappa shape index (κ2) is 12.1. The summed E-state index contributed by atoms with van der Waals surface area (Å²) in [5.41, 5.74) is 3.77. The number of fused-ring (bicyclic) bond motifs is 1. The topological polar surface area (TPSA) is 86.5 Å². The normalized spacial score (nSPS) is 13.6. The number of benzene rings is 3. The minimum absolute atomic E-state index is 0.0807. The van der Waals surface area contributed by atoms with Crippen LogP contribution in [-0.2, 0) is 27.7 Å². The zero-order valence-electron chi connectivity index (χ0n) is 23.6. The number of hydrogen-bond donors (Lipinski definition) is 0. The van der Waals surface area contributed by atoms with E-state index in [-0.39, 0.29) is 35.7 Å². The molecule has 0 N–H and O–H groups in total. The van der Waals surface area contributed by atoms with Gasteiger partial charge in [-0.3, -0.25) is 4.79 Å². The van der Waals surface area contributed by atoms with Crippen LogP contribution in [0.1, 0.15) is 49.5 Å². The van der Waals surface area contributed by atoms with Gasteiger partial charge in [0.15, 0.2) is 15.6 Å². The summed E-state index contributed by atoms with van der Waals surface area (Å²) in [6.07, 6.45) is 1.44. The fourth-order valence-electron chi connectivity index (χ4n) is 5.12. The van der Waals surface area contributed by atoms with Crippen LogP contribution in [0.2, 0.25) is 10.0 Å². The molecule has 1 aliphatic rings. The summed E-state index contributed by atoms with van der Waals surface area (Å²) < 4.78 is 37.5. The van der Waals surface area contributed by atoms with Gasteiger partial charge in [-0.25, -0.2) is 8.42 Å². The molecule has 43 heavy (non-hydrogen) atoms. The largest absolute Gasteiger partial charge is 0.489 e. The smallest absolute Gasteiger partial charge is 0.160 e. The molecule has 222 valence electrons. The number of Topliss-reactive ketones (excluding diaryl/α,β-unsaturated/α-hetero) is 1. The van der Waals surface area contributed by atoms with E-state index < -0.39 is 9.84 Å². The van der Waals surface area contributed by atoms with Crippen molar-refractivity contribution in [2.45, 2.75) is 50.9 Å². The first-order valence-electron chi connectivity index (χ1n) is 14.0.